The summed E-state index contributed by atoms with van der Waals surface area (Å²) in [6.07, 6.45) is -5.50. The van der Waals surface area contributed by atoms with Crippen LogP contribution in [0.1, 0.15) is 19.3 Å². The van der Waals surface area contributed by atoms with Crippen molar-refractivity contribution >= 4 is 21.6 Å². The van der Waals surface area contributed by atoms with E-state index in [1.54, 1.807) is 30.3 Å². The number of nitrogens with zero attached hydrogens (tertiary/aromatic N) is 1. The predicted octanol–water partition coefficient (Wildman–Crippen LogP) is 2.37. The number of hydrogen-bond donors (Lipinski definition) is 1. The zero-order valence-electron chi connectivity index (χ0n) is 12.2. The molecule has 1 aliphatic heterocycles. The van der Waals surface area contributed by atoms with Gasteiger partial charge in [0.2, 0.25) is 15.9 Å². The van der Waals surface area contributed by atoms with Crippen LogP contribution in [0.15, 0.2) is 30.3 Å². The maximum Gasteiger partial charge on any atom is 0.397 e. The van der Waals surface area contributed by atoms with E-state index in [1.165, 1.54) is 0 Å². The van der Waals surface area contributed by atoms with E-state index in [9.17, 15) is 26.4 Å². The van der Waals surface area contributed by atoms with Crippen LogP contribution in [0.25, 0.3) is 0 Å². The fourth-order valence-corrected chi connectivity index (χ4v) is 3.94. The Balaban J connectivity index is 2.04. The quantitative estimate of drug-likeness (QED) is 0.907. The van der Waals surface area contributed by atoms with Gasteiger partial charge < -0.3 is 4.90 Å². The monoisotopic (exact) mass is 350 g/mol. The smallest absolute Gasteiger partial charge is 0.341 e. The zero-order valence-corrected chi connectivity index (χ0v) is 13.0. The molecule has 2 rings (SSSR count). The van der Waals surface area contributed by atoms with Crippen LogP contribution in [0.3, 0.4) is 0 Å². The Kier molecular flexibility index (Phi) is 5.18. The molecule has 0 saturated carbocycles. The molecule has 23 heavy (non-hydrogen) atoms. The minimum Gasteiger partial charge on any atom is -0.341 e. The number of amides is 1. The van der Waals surface area contributed by atoms with E-state index in [4.69, 9.17) is 0 Å². The third-order valence-corrected chi connectivity index (χ3v) is 5.34. The van der Waals surface area contributed by atoms with Gasteiger partial charge in [-0.15, -0.1) is 0 Å². The molecule has 1 fully saturated rings. The molecular formula is C14H17F3N2O3S. The van der Waals surface area contributed by atoms with Gasteiger partial charge in [0, 0.05) is 18.8 Å². The van der Waals surface area contributed by atoms with Gasteiger partial charge >= 0.3 is 6.18 Å². The molecule has 5 nitrogen and oxygen atoms in total. The normalized spacial score (nSPS) is 19.4. The van der Waals surface area contributed by atoms with Gasteiger partial charge in [0.15, 0.2) is 0 Å². The highest BCUT2D eigenvalue weighted by Gasteiger charge is 2.37. The van der Waals surface area contributed by atoms with Crippen molar-refractivity contribution < 1.29 is 26.4 Å². The van der Waals surface area contributed by atoms with Gasteiger partial charge in [-0.2, -0.15) is 13.2 Å². The lowest BCUT2D eigenvalue weighted by Gasteiger charge is -2.32. The van der Waals surface area contributed by atoms with Crippen LogP contribution in [-0.4, -0.2) is 43.7 Å². The van der Waals surface area contributed by atoms with Crippen LogP contribution in [-0.2, 0) is 14.8 Å². The maximum atomic E-state index is 12.3. The van der Waals surface area contributed by atoms with Gasteiger partial charge in [-0.1, -0.05) is 18.2 Å². The van der Waals surface area contributed by atoms with Gasteiger partial charge in [0.1, 0.15) is 6.42 Å². The first-order valence-corrected chi connectivity index (χ1v) is 8.63. The fourth-order valence-electron chi connectivity index (χ4n) is 2.46. The second-order valence-electron chi connectivity index (χ2n) is 5.41. The molecule has 128 valence electrons. The van der Waals surface area contributed by atoms with Crippen molar-refractivity contribution in [1.29, 1.82) is 0 Å². The lowest BCUT2D eigenvalue weighted by molar-refractivity contribution is -0.161. The molecule has 0 bridgehead atoms. The number of likely N-dealkylation sites (tertiary alicyclic amines) is 1. The van der Waals surface area contributed by atoms with Gasteiger partial charge in [0.05, 0.1) is 5.25 Å². The Bertz CT molecular complexity index is 647. The van der Waals surface area contributed by atoms with Crippen molar-refractivity contribution in [3.05, 3.63) is 30.3 Å². The van der Waals surface area contributed by atoms with Gasteiger partial charge in [-0.25, -0.2) is 8.42 Å². The van der Waals surface area contributed by atoms with E-state index in [0.717, 1.165) is 4.90 Å². The summed E-state index contributed by atoms with van der Waals surface area (Å²) in [7, 11) is -3.77. The summed E-state index contributed by atoms with van der Waals surface area (Å²) in [6, 6.07) is 8.21. The molecule has 1 amide bonds. The third-order valence-electron chi connectivity index (χ3n) is 3.56. The van der Waals surface area contributed by atoms with Crippen molar-refractivity contribution in [2.75, 3.05) is 17.8 Å². The molecule has 1 N–H and O–H groups in total. The SMILES string of the molecule is O=C(CC(F)(F)F)N1CCCC(S(=O)(=O)Nc2ccccc2)C1. The molecule has 1 aromatic carbocycles. The van der Waals surface area contributed by atoms with E-state index in [0.29, 0.717) is 18.5 Å². The maximum absolute atomic E-state index is 12.3. The molecule has 1 aromatic rings. The lowest BCUT2D eigenvalue weighted by Crippen LogP contribution is -2.47. The number of para-hydroxylation sites is 1. The average Bonchev–Trinajstić information content (AvgIpc) is 2.46. The van der Waals surface area contributed by atoms with Crippen LogP contribution in [0.4, 0.5) is 18.9 Å². The van der Waals surface area contributed by atoms with E-state index >= 15 is 0 Å². The standard InChI is InChI=1S/C14H17F3N2O3S/c15-14(16,17)9-13(20)19-8-4-7-12(10-19)23(21,22)18-11-5-2-1-3-6-11/h1-3,5-6,12,18H,4,7-10H2. The first kappa shape index (κ1) is 17.6. The molecule has 9 heteroatoms. The lowest BCUT2D eigenvalue weighted by atomic mass is 10.1. The average molecular weight is 350 g/mol. The van der Waals surface area contributed by atoms with Crippen molar-refractivity contribution in [3.8, 4) is 0 Å². The van der Waals surface area contributed by atoms with Crippen molar-refractivity contribution in [2.24, 2.45) is 0 Å². The molecule has 0 radical (unpaired) electrons. The van der Waals surface area contributed by atoms with Crippen LogP contribution >= 0.6 is 0 Å². The summed E-state index contributed by atoms with van der Waals surface area (Å²) in [5, 5.41) is -0.923. The minimum atomic E-state index is -4.59. The number of piperidine rings is 1. The molecule has 1 heterocycles. The highest BCUT2D eigenvalue weighted by Crippen LogP contribution is 2.24. The van der Waals surface area contributed by atoms with Crippen molar-refractivity contribution in [1.82, 2.24) is 4.90 Å². The van der Waals surface area contributed by atoms with Crippen LogP contribution in [0.2, 0.25) is 0 Å². The third kappa shape index (κ3) is 5.12. The van der Waals surface area contributed by atoms with E-state index in [-0.39, 0.29) is 13.1 Å². The highest BCUT2D eigenvalue weighted by atomic mass is 32.2. The largest absolute Gasteiger partial charge is 0.397 e. The van der Waals surface area contributed by atoms with Gasteiger partial charge in [-0.3, -0.25) is 9.52 Å². The molecule has 0 aliphatic carbocycles. The second-order valence-corrected chi connectivity index (χ2v) is 7.37. The summed E-state index contributed by atoms with van der Waals surface area (Å²) < 4.78 is 64.0. The number of rotatable bonds is 4. The highest BCUT2D eigenvalue weighted by molar-refractivity contribution is 7.93. The number of carbonyl (C=O) groups is 1. The minimum absolute atomic E-state index is 0.145. The molecule has 1 atom stereocenters. The molecule has 0 aromatic heterocycles. The fraction of sp³-hybridized carbons (Fsp3) is 0.500. The number of halogens is 3. The Hall–Kier alpha value is -1.77. The number of hydrogen-bond acceptors (Lipinski definition) is 3. The van der Waals surface area contributed by atoms with Crippen molar-refractivity contribution in [3.63, 3.8) is 0 Å². The number of nitrogens with one attached hydrogen (secondary N) is 1. The van der Waals surface area contributed by atoms with E-state index in [1.807, 2.05) is 0 Å². The van der Waals surface area contributed by atoms with E-state index in [2.05, 4.69) is 4.72 Å². The topological polar surface area (TPSA) is 66.5 Å². The molecule has 1 saturated heterocycles. The Morgan fingerprint density at radius 1 is 1.26 bits per heavy atom. The molecular weight excluding hydrogens is 333 g/mol. The Labute approximate surface area is 132 Å². The van der Waals surface area contributed by atoms with Crippen LogP contribution < -0.4 is 4.72 Å². The number of alkyl halides is 3. The van der Waals surface area contributed by atoms with Gasteiger partial charge in [0.25, 0.3) is 0 Å². The Morgan fingerprint density at radius 2 is 1.91 bits per heavy atom. The predicted molar refractivity (Wildman–Crippen MR) is 79.3 cm³/mol. The molecule has 1 aliphatic rings. The Morgan fingerprint density at radius 3 is 2.52 bits per heavy atom. The summed E-state index contributed by atoms with van der Waals surface area (Å²) in [5.41, 5.74) is 0.381. The first-order chi connectivity index (χ1) is 10.7. The van der Waals surface area contributed by atoms with E-state index < -0.39 is 33.8 Å². The summed E-state index contributed by atoms with van der Waals surface area (Å²) in [4.78, 5) is 12.6. The van der Waals surface area contributed by atoms with Crippen LogP contribution in [0.5, 0.6) is 0 Å². The second kappa shape index (κ2) is 6.77. The summed E-state index contributed by atoms with van der Waals surface area (Å²) >= 11 is 0. The summed E-state index contributed by atoms with van der Waals surface area (Å²) in [6.45, 7) is -0.0800. The van der Waals surface area contributed by atoms with Crippen LogP contribution in [0, 0.1) is 0 Å². The first-order valence-electron chi connectivity index (χ1n) is 7.08. The number of anilines is 1. The zero-order chi connectivity index (χ0) is 17.1. The molecule has 0 spiro atoms. The summed E-state index contributed by atoms with van der Waals surface area (Å²) in [5.74, 6) is -1.09. The van der Waals surface area contributed by atoms with Gasteiger partial charge in [-0.05, 0) is 25.0 Å². The number of carbonyl (C=O) groups excluding carboxylic acids is 1. The number of benzene rings is 1. The van der Waals surface area contributed by atoms with Crippen molar-refractivity contribution in [2.45, 2.75) is 30.7 Å². The number of sulfonamides is 1. The molecule has 1 unspecified atom stereocenters.